The van der Waals surface area contributed by atoms with Gasteiger partial charge in [-0.15, -0.1) is 5.10 Å². The normalized spacial score (nSPS) is 12.7. The van der Waals surface area contributed by atoms with Crippen molar-refractivity contribution in [2.24, 2.45) is 5.41 Å². The van der Waals surface area contributed by atoms with Gasteiger partial charge in [0.1, 0.15) is 0 Å². The van der Waals surface area contributed by atoms with Crippen LogP contribution in [0.15, 0.2) is 55.2 Å². The fourth-order valence-electron chi connectivity index (χ4n) is 2.98. The van der Waals surface area contributed by atoms with E-state index in [9.17, 15) is 4.79 Å². The summed E-state index contributed by atoms with van der Waals surface area (Å²) in [7, 11) is 0. The quantitative estimate of drug-likeness (QED) is 0.652. The van der Waals surface area contributed by atoms with Crippen molar-refractivity contribution in [1.29, 1.82) is 0 Å². The number of aryl methyl sites for hydroxylation is 2. The minimum absolute atomic E-state index is 0.0579. The number of imidazole rings is 1. The maximum absolute atomic E-state index is 12.7. The molecule has 0 bridgehead atoms. The van der Waals surface area contributed by atoms with Crippen LogP contribution in [0.3, 0.4) is 0 Å². The number of hydrogen-bond donors (Lipinski definition) is 1. The van der Waals surface area contributed by atoms with Crippen molar-refractivity contribution in [2.75, 3.05) is 0 Å². The lowest BCUT2D eigenvalue weighted by Gasteiger charge is -2.31. The molecule has 0 aliphatic carbocycles. The van der Waals surface area contributed by atoms with E-state index in [0.717, 1.165) is 19.4 Å². The number of hydrogen-bond acceptors (Lipinski definition) is 4. The minimum Gasteiger partial charge on any atom is -0.346 e. The number of aromatic nitrogens is 5. The van der Waals surface area contributed by atoms with Gasteiger partial charge in [-0.1, -0.05) is 56.3 Å². The van der Waals surface area contributed by atoms with Crippen LogP contribution >= 0.6 is 0 Å². The second-order valence-corrected chi connectivity index (χ2v) is 8.11. The monoisotopic (exact) mass is 380 g/mol. The van der Waals surface area contributed by atoms with Crippen molar-refractivity contribution in [3.63, 3.8) is 0 Å². The lowest BCUT2D eigenvalue weighted by atomic mass is 9.86. The van der Waals surface area contributed by atoms with Crippen molar-refractivity contribution in [1.82, 2.24) is 29.9 Å². The van der Waals surface area contributed by atoms with Crippen LogP contribution in [-0.2, 0) is 19.5 Å². The molecule has 148 valence electrons. The molecular weight excluding hydrogens is 352 g/mol. The molecule has 0 saturated carbocycles. The Morgan fingerprint density at radius 1 is 1.21 bits per heavy atom. The number of nitrogens with one attached hydrogen (secondary N) is 1. The zero-order valence-corrected chi connectivity index (χ0v) is 16.7. The molecule has 0 unspecified atom stereocenters. The average molecular weight is 380 g/mol. The number of benzene rings is 1. The molecule has 1 N–H and O–H groups in total. The van der Waals surface area contributed by atoms with Gasteiger partial charge in [-0.05, 0) is 23.8 Å². The van der Waals surface area contributed by atoms with Gasteiger partial charge in [0.15, 0.2) is 5.69 Å². The summed E-state index contributed by atoms with van der Waals surface area (Å²) >= 11 is 0. The van der Waals surface area contributed by atoms with Crippen LogP contribution in [-0.4, -0.2) is 36.5 Å². The van der Waals surface area contributed by atoms with Crippen LogP contribution in [0.2, 0.25) is 0 Å². The van der Waals surface area contributed by atoms with Gasteiger partial charge < -0.3 is 9.88 Å². The molecule has 3 rings (SSSR count). The Balaban J connectivity index is 1.56. The lowest BCUT2D eigenvalue weighted by molar-refractivity contribution is 0.0887. The third-order valence-electron chi connectivity index (χ3n) is 4.77. The molecule has 0 aliphatic rings. The molecule has 1 atom stereocenters. The third kappa shape index (κ3) is 5.52. The molecule has 7 heteroatoms. The predicted octanol–water partition coefficient (Wildman–Crippen LogP) is 2.95. The first-order chi connectivity index (χ1) is 13.4. The first-order valence-corrected chi connectivity index (χ1v) is 9.62. The molecule has 2 aromatic heterocycles. The molecule has 1 amide bonds. The number of rotatable bonds is 8. The highest BCUT2D eigenvalue weighted by Crippen LogP contribution is 2.21. The van der Waals surface area contributed by atoms with Crippen LogP contribution in [0.4, 0.5) is 0 Å². The van der Waals surface area contributed by atoms with Gasteiger partial charge in [0.05, 0.1) is 18.6 Å². The van der Waals surface area contributed by atoms with Crippen molar-refractivity contribution >= 4 is 5.91 Å². The van der Waals surface area contributed by atoms with Gasteiger partial charge in [0, 0.05) is 25.5 Å². The third-order valence-corrected chi connectivity index (χ3v) is 4.77. The van der Waals surface area contributed by atoms with E-state index in [2.05, 4.69) is 53.5 Å². The van der Waals surface area contributed by atoms with Crippen LogP contribution in [0.25, 0.3) is 0 Å². The number of amides is 1. The van der Waals surface area contributed by atoms with E-state index >= 15 is 0 Å². The topological polar surface area (TPSA) is 77.6 Å². The Labute approximate surface area is 165 Å². The van der Waals surface area contributed by atoms with Crippen LogP contribution in [0, 0.1) is 5.41 Å². The van der Waals surface area contributed by atoms with Crippen LogP contribution < -0.4 is 5.32 Å². The molecule has 3 aromatic rings. The largest absolute Gasteiger partial charge is 0.346 e. The van der Waals surface area contributed by atoms with Gasteiger partial charge in [0.2, 0.25) is 0 Å². The van der Waals surface area contributed by atoms with E-state index in [1.54, 1.807) is 23.4 Å². The highest BCUT2D eigenvalue weighted by Gasteiger charge is 2.27. The summed E-state index contributed by atoms with van der Waals surface area (Å²) in [5, 5.41) is 11.3. The Kier molecular flexibility index (Phi) is 6.23. The Hall–Kier alpha value is -2.96. The van der Waals surface area contributed by atoms with Crippen molar-refractivity contribution in [2.45, 2.75) is 52.7 Å². The molecule has 0 fully saturated rings. The zero-order chi connectivity index (χ0) is 20.0. The molecule has 7 nitrogen and oxygen atoms in total. The number of carbonyl (C=O) groups is 1. The second-order valence-electron chi connectivity index (χ2n) is 8.11. The molecule has 0 saturated heterocycles. The van der Waals surface area contributed by atoms with Gasteiger partial charge in [-0.25, -0.2) is 4.98 Å². The molecule has 0 radical (unpaired) electrons. The first-order valence-electron chi connectivity index (χ1n) is 9.62. The summed E-state index contributed by atoms with van der Waals surface area (Å²) in [5.74, 6) is -0.200. The predicted molar refractivity (Wildman–Crippen MR) is 108 cm³/mol. The smallest absolute Gasteiger partial charge is 0.273 e. The molecule has 28 heavy (non-hydrogen) atoms. The molecule has 2 heterocycles. The van der Waals surface area contributed by atoms with E-state index in [1.165, 1.54) is 5.56 Å². The van der Waals surface area contributed by atoms with E-state index in [1.807, 2.05) is 29.0 Å². The minimum atomic E-state index is -0.200. The number of nitrogens with zero attached hydrogens (tertiary/aromatic N) is 5. The van der Waals surface area contributed by atoms with Gasteiger partial charge >= 0.3 is 0 Å². The summed E-state index contributed by atoms with van der Waals surface area (Å²) in [5.41, 5.74) is 1.54. The van der Waals surface area contributed by atoms with Crippen molar-refractivity contribution in [3.8, 4) is 0 Å². The summed E-state index contributed by atoms with van der Waals surface area (Å²) in [6.07, 6.45) is 9.03. The van der Waals surface area contributed by atoms with E-state index in [-0.39, 0.29) is 17.4 Å². The van der Waals surface area contributed by atoms with Crippen molar-refractivity contribution in [3.05, 3.63) is 66.5 Å². The highest BCUT2D eigenvalue weighted by atomic mass is 16.2. The van der Waals surface area contributed by atoms with Crippen LogP contribution in [0.1, 0.15) is 43.2 Å². The van der Waals surface area contributed by atoms with E-state index in [0.29, 0.717) is 12.2 Å². The Morgan fingerprint density at radius 2 is 2.00 bits per heavy atom. The van der Waals surface area contributed by atoms with Gasteiger partial charge in [0.25, 0.3) is 5.91 Å². The number of carbonyl (C=O) groups excluding carboxylic acids is 1. The first kappa shape index (κ1) is 19.8. The summed E-state index contributed by atoms with van der Waals surface area (Å²) < 4.78 is 3.70. The maximum Gasteiger partial charge on any atom is 0.273 e. The van der Waals surface area contributed by atoms with Crippen molar-refractivity contribution < 1.29 is 4.79 Å². The van der Waals surface area contributed by atoms with E-state index < -0.39 is 0 Å². The second kappa shape index (κ2) is 8.82. The maximum atomic E-state index is 12.7. The average Bonchev–Trinajstić information content (AvgIpc) is 3.33. The zero-order valence-electron chi connectivity index (χ0n) is 16.7. The summed E-state index contributed by atoms with van der Waals surface area (Å²) in [6, 6.07) is 10.3. The Bertz CT molecular complexity index is 864. The highest BCUT2D eigenvalue weighted by molar-refractivity contribution is 5.92. The van der Waals surface area contributed by atoms with Crippen LogP contribution in [0.5, 0.6) is 0 Å². The van der Waals surface area contributed by atoms with E-state index in [4.69, 9.17) is 0 Å². The molecular formula is C21H28N6O. The Morgan fingerprint density at radius 3 is 2.68 bits per heavy atom. The summed E-state index contributed by atoms with van der Waals surface area (Å²) in [4.78, 5) is 16.8. The lowest BCUT2D eigenvalue weighted by Crippen LogP contribution is -2.46. The van der Waals surface area contributed by atoms with Gasteiger partial charge in [-0.2, -0.15) is 0 Å². The molecule has 0 aliphatic heterocycles. The molecule has 0 spiro atoms. The fourth-order valence-corrected chi connectivity index (χ4v) is 2.98. The SMILES string of the molecule is CC(C)(C)[C@H](Cn1ccnc1)NC(=O)c1cn(CCCc2ccccc2)nn1. The standard InChI is InChI=1S/C21H28N6O/c1-21(2,3)19(15-26-13-11-22-16-26)23-20(28)18-14-27(25-24-18)12-7-10-17-8-5-4-6-9-17/h4-6,8-9,11,13-14,16,19H,7,10,12,15H2,1-3H3,(H,23,28)/t19-/m0/s1. The fraction of sp³-hybridized carbons (Fsp3) is 0.429. The molecule has 1 aromatic carbocycles. The van der Waals surface area contributed by atoms with Gasteiger partial charge in [-0.3, -0.25) is 9.48 Å². The summed E-state index contributed by atoms with van der Waals surface area (Å²) in [6.45, 7) is 7.70.